The molecule has 0 spiro atoms. The van der Waals surface area contributed by atoms with E-state index < -0.39 is 84.2 Å². The number of allylic oxidation sites excluding steroid dienone is 1. The van der Waals surface area contributed by atoms with Crippen molar-refractivity contribution in [1.29, 1.82) is 0 Å². The van der Waals surface area contributed by atoms with Crippen molar-refractivity contribution < 1.29 is 78.6 Å². The second kappa shape index (κ2) is 11.5. The Balaban J connectivity index is 1.52. The van der Waals surface area contributed by atoms with E-state index >= 15 is 0 Å². The normalized spacial score (nSPS) is 32.6. The van der Waals surface area contributed by atoms with E-state index in [1.807, 2.05) is 0 Å². The van der Waals surface area contributed by atoms with Gasteiger partial charge in [-0.2, -0.15) is 0 Å². The highest BCUT2D eigenvalue weighted by molar-refractivity contribution is 5.93. The number of carboxylic acid groups (broad SMARTS) is 2. The molecule has 1 saturated heterocycles. The molecule has 0 radical (unpaired) electrons. The van der Waals surface area contributed by atoms with E-state index in [4.69, 9.17) is 28.4 Å². The van der Waals surface area contributed by atoms with Crippen LogP contribution < -0.4 is 9.47 Å². The molecule has 0 unspecified atom stereocenters. The van der Waals surface area contributed by atoms with E-state index in [-0.39, 0.29) is 29.2 Å². The van der Waals surface area contributed by atoms with Crippen LogP contribution in [0.25, 0.3) is 0 Å². The lowest BCUT2D eigenvalue weighted by Crippen LogP contribution is -2.62. The molecule has 1 fully saturated rings. The number of fused-ring (bicyclic) bond motifs is 1. The van der Waals surface area contributed by atoms with E-state index in [1.165, 1.54) is 14.2 Å². The summed E-state index contributed by atoms with van der Waals surface area (Å²) in [4.78, 5) is 36.1. The van der Waals surface area contributed by atoms with Gasteiger partial charge in [0, 0.05) is 5.92 Å². The Morgan fingerprint density at radius 1 is 1.00 bits per heavy atom. The van der Waals surface area contributed by atoms with Crippen molar-refractivity contribution >= 4 is 17.9 Å². The van der Waals surface area contributed by atoms with Crippen LogP contribution >= 0.6 is 0 Å². The zero-order valence-corrected chi connectivity index (χ0v) is 21.6. The third kappa shape index (κ3) is 5.28. The van der Waals surface area contributed by atoms with Gasteiger partial charge in [-0.15, -0.1) is 0 Å². The fraction of sp³-hybridized carbons (Fsp3) is 0.480. The number of phenols is 1. The number of phenolic OH excluding ortho intramolecular Hbond substituents is 1. The van der Waals surface area contributed by atoms with Gasteiger partial charge >= 0.3 is 17.9 Å². The summed E-state index contributed by atoms with van der Waals surface area (Å²) < 4.78 is 31.4. The lowest BCUT2D eigenvalue weighted by molar-refractivity contribution is -0.354. The first-order valence-corrected chi connectivity index (χ1v) is 12.1. The van der Waals surface area contributed by atoms with Gasteiger partial charge in [-0.3, -0.25) is 0 Å². The van der Waals surface area contributed by atoms with Crippen molar-refractivity contribution in [3.8, 4) is 17.2 Å². The molecule has 4 rings (SSSR count). The molecule has 41 heavy (non-hydrogen) atoms. The number of esters is 1. The number of hydrogen-bond donors (Lipinski definition) is 7. The predicted octanol–water partition coefficient (Wildman–Crippen LogP) is -1.52. The maximum Gasteiger partial charge on any atom is 0.338 e. The number of carbonyl (C=O) groups excluding carboxylic acids is 1. The average Bonchev–Trinajstić information content (AvgIpc) is 3.30. The maximum atomic E-state index is 12.7. The van der Waals surface area contributed by atoms with Gasteiger partial charge in [-0.25, -0.2) is 14.4 Å². The number of aliphatic hydroxyl groups is 4. The molecule has 0 amide bonds. The van der Waals surface area contributed by atoms with Crippen LogP contribution in [0.15, 0.2) is 35.6 Å². The van der Waals surface area contributed by atoms with Crippen molar-refractivity contribution in [2.45, 2.75) is 49.0 Å². The molecular weight excluding hydrogens is 556 g/mol. The molecule has 224 valence electrons. The molecule has 1 aromatic rings. The van der Waals surface area contributed by atoms with Crippen molar-refractivity contribution in [3.05, 3.63) is 41.2 Å². The molecule has 16 heteroatoms. The minimum atomic E-state index is -2.53. The number of ether oxygens (including phenoxy) is 6. The molecule has 0 aromatic heterocycles. The molecule has 16 nitrogen and oxygen atoms in total. The number of carbonyl (C=O) groups is 3. The molecule has 2 aliphatic heterocycles. The van der Waals surface area contributed by atoms with Gasteiger partial charge in [0.25, 0.3) is 0 Å². The van der Waals surface area contributed by atoms with Crippen LogP contribution in [0.4, 0.5) is 0 Å². The summed E-state index contributed by atoms with van der Waals surface area (Å²) in [5.74, 6) is -5.87. The van der Waals surface area contributed by atoms with Gasteiger partial charge in [-0.1, -0.05) is 6.08 Å². The molecule has 0 saturated carbocycles. The van der Waals surface area contributed by atoms with Crippen LogP contribution in [0.2, 0.25) is 0 Å². The Hall–Kier alpha value is -3.93. The summed E-state index contributed by atoms with van der Waals surface area (Å²) in [5.41, 5.74) is -3.69. The molecule has 0 bridgehead atoms. The Kier molecular flexibility index (Phi) is 8.44. The van der Waals surface area contributed by atoms with E-state index in [0.717, 1.165) is 24.5 Å². The summed E-state index contributed by atoms with van der Waals surface area (Å²) >= 11 is 0. The number of aliphatic carboxylic acids is 2. The molecule has 8 atom stereocenters. The van der Waals surface area contributed by atoms with Crippen molar-refractivity contribution in [3.63, 3.8) is 0 Å². The first-order valence-electron chi connectivity index (χ1n) is 12.1. The minimum absolute atomic E-state index is 0.0947. The Labute approximate surface area is 231 Å². The largest absolute Gasteiger partial charge is 0.502 e. The van der Waals surface area contributed by atoms with Crippen molar-refractivity contribution in [2.24, 2.45) is 5.92 Å². The monoisotopic (exact) mass is 584 g/mol. The third-order valence-corrected chi connectivity index (χ3v) is 7.07. The topological polar surface area (TPSA) is 248 Å². The summed E-state index contributed by atoms with van der Waals surface area (Å²) in [5, 5.41) is 71.8. The van der Waals surface area contributed by atoms with E-state index in [1.54, 1.807) is 0 Å². The molecule has 2 heterocycles. The second-order valence-corrected chi connectivity index (χ2v) is 9.36. The van der Waals surface area contributed by atoms with Crippen molar-refractivity contribution in [2.75, 3.05) is 20.8 Å². The summed E-state index contributed by atoms with van der Waals surface area (Å²) in [6, 6.07) is 2.32. The molecule has 7 N–H and O–H groups in total. The molecule has 1 aliphatic carbocycles. The average molecular weight is 584 g/mol. The summed E-state index contributed by atoms with van der Waals surface area (Å²) in [6.45, 7) is -0.698. The highest BCUT2D eigenvalue weighted by Crippen LogP contribution is 2.47. The van der Waals surface area contributed by atoms with Gasteiger partial charge < -0.3 is 64.2 Å². The highest BCUT2D eigenvalue weighted by atomic mass is 16.8. The molecule has 1 aromatic carbocycles. The van der Waals surface area contributed by atoms with Crippen LogP contribution in [0.1, 0.15) is 16.8 Å². The van der Waals surface area contributed by atoms with Crippen LogP contribution in [-0.2, 0) is 28.5 Å². The molecule has 3 aliphatic rings. The van der Waals surface area contributed by atoms with Gasteiger partial charge in [0.1, 0.15) is 31.0 Å². The quantitative estimate of drug-likeness (QED) is 0.163. The lowest BCUT2D eigenvalue weighted by atomic mass is 9.79. The maximum absolute atomic E-state index is 12.7. The van der Waals surface area contributed by atoms with Gasteiger partial charge in [0.2, 0.25) is 12.0 Å². The van der Waals surface area contributed by atoms with Crippen LogP contribution in [-0.4, -0.2) is 117 Å². The summed E-state index contributed by atoms with van der Waals surface area (Å²) in [7, 11) is 2.49. The van der Waals surface area contributed by atoms with E-state index in [2.05, 4.69) is 0 Å². The first kappa shape index (κ1) is 30.0. The van der Waals surface area contributed by atoms with E-state index in [0.29, 0.717) is 0 Å². The van der Waals surface area contributed by atoms with E-state index in [9.17, 15) is 50.1 Å². The number of carboxylic acids is 2. The number of aliphatic hydroxyl groups excluding tert-OH is 3. The lowest BCUT2D eigenvalue weighted by Gasteiger charge is -2.45. The number of benzene rings is 1. The smallest absolute Gasteiger partial charge is 0.338 e. The number of methoxy groups -OCH3 is 2. The number of aromatic hydroxyl groups is 1. The summed E-state index contributed by atoms with van der Waals surface area (Å²) in [6.07, 6.45) is -9.31. The highest BCUT2D eigenvalue weighted by Gasteiger charge is 2.60. The fourth-order valence-electron chi connectivity index (χ4n) is 4.88. The fourth-order valence-corrected chi connectivity index (χ4v) is 4.88. The number of hydrogen-bond acceptors (Lipinski definition) is 14. The van der Waals surface area contributed by atoms with Crippen LogP contribution in [0.5, 0.6) is 17.2 Å². The number of rotatable bonds is 9. The Morgan fingerprint density at radius 3 is 2.20 bits per heavy atom. The Bertz CT molecular complexity index is 1250. The second-order valence-electron chi connectivity index (χ2n) is 9.36. The third-order valence-electron chi connectivity index (χ3n) is 7.07. The van der Waals surface area contributed by atoms with Gasteiger partial charge in [-0.05, 0) is 18.6 Å². The first-order chi connectivity index (χ1) is 19.3. The zero-order chi connectivity index (χ0) is 30.2. The zero-order valence-electron chi connectivity index (χ0n) is 21.6. The SMILES string of the molecule is COc1cc(C(=O)OC[C@H]2O[C@@H](O[C@@H]3OC=C(C(=O)O)[C@H]4CC=C(C(=O)O)[C@@]34O)[C@H](O)[C@@H](O)[C@H]2O)cc(OC)c1O. The van der Waals surface area contributed by atoms with Crippen molar-refractivity contribution in [1.82, 2.24) is 0 Å². The van der Waals surface area contributed by atoms with Gasteiger partial charge in [0.05, 0.1) is 37.2 Å². The van der Waals surface area contributed by atoms with Gasteiger partial charge in [0.15, 0.2) is 23.4 Å². The molecular formula is C25H28O16. The van der Waals surface area contributed by atoms with Crippen LogP contribution in [0, 0.1) is 5.92 Å². The minimum Gasteiger partial charge on any atom is -0.502 e. The standard InChI is InChI=1S/C25H28O16/c1-36-13-5-9(6-14(37-2)16(13)26)22(34)38-8-15-17(27)18(28)19(29)23(40-15)41-24-25(35)11(3-4-12(25)21(32)33)10(7-39-24)20(30)31/h4-7,11,15,17-19,23-24,26-29,35H,3,8H2,1-2H3,(H,30,31)(H,32,33)/t11-,15-,17+,18+,19-,23+,24+,25-/m1/s1. The Morgan fingerprint density at radius 2 is 1.63 bits per heavy atom. The van der Waals surface area contributed by atoms with Crippen LogP contribution in [0.3, 0.4) is 0 Å². The predicted molar refractivity (Wildman–Crippen MR) is 129 cm³/mol.